The first-order valence-corrected chi connectivity index (χ1v) is 5.23. The van der Waals surface area contributed by atoms with Crippen LogP contribution in [0, 0.1) is 11.3 Å². The summed E-state index contributed by atoms with van der Waals surface area (Å²) in [4.78, 5) is 2.13. The number of hydrogen-bond donors (Lipinski definition) is 2. The minimum atomic E-state index is 0.0388. The normalized spacial score (nSPS) is 24.9. The number of nitrogens with one attached hydrogen (secondary N) is 1. The van der Waals surface area contributed by atoms with Crippen LogP contribution < -0.4 is 5.73 Å². The predicted octanol–water partition coefficient (Wildman–Crippen LogP) is 0.669. The van der Waals surface area contributed by atoms with Gasteiger partial charge >= 0.3 is 0 Å². The Balaban J connectivity index is 2.31. The minimum Gasteiger partial charge on any atom is -0.386 e. The average Bonchev–Trinajstić information content (AvgIpc) is 2.18. The summed E-state index contributed by atoms with van der Waals surface area (Å²) in [6, 6.07) is 0.0388. The third-order valence-electron chi connectivity index (χ3n) is 2.91. The number of likely N-dealkylation sites (N-methyl/N-ethyl adjacent to an activating group) is 1. The Labute approximate surface area is 85.9 Å². The molecule has 4 heteroatoms. The summed E-state index contributed by atoms with van der Waals surface area (Å²) >= 11 is 0. The Morgan fingerprint density at radius 3 is 2.93 bits per heavy atom. The number of nitrogens with two attached hydrogens (primary N) is 1. The van der Waals surface area contributed by atoms with Crippen LogP contribution in [-0.2, 0) is 4.74 Å². The second-order valence-electron chi connectivity index (χ2n) is 4.15. The molecule has 0 spiro atoms. The van der Waals surface area contributed by atoms with Gasteiger partial charge in [-0.05, 0) is 32.7 Å². The van der Waals surface area contributed by atoms with E-state index in [0.717, 1.165) is 26.2 Å². The van der Waals surface area contributed by atoms with Gasteiger partial charge in [0, 0.05) is 13.2 Å². The van der Waals surface area contributed by atoms with Crippen LogP contribution in [0.5, 0.6) is 0 Å². The predicted molar refractivity (Wildman–Crippen MR) is 57.5 cm³/mol. The Kier molecular flexibility index (Phi) is 4.35. The van der Waals surface area contributed by atoms with Crippen LogP contribution in [0.25, 0.3) is 0 Å². The molecule has 0 amide bonds. The molecular formula is C10H21N3O. The summed E-state index contributed by atoms with van der Waals surface area (Å²) in [5.41, 5.74) is 5.45. The molecule has 0 aliphatic carbocycles. The van der Waals surface area contributed by atoms with Crippen LogP contribution in [0.2, 0.25) is 0 Å². The summed E-state index contributed by atoms with van der Waals surface area (Å²) in [6.45, 7) is 4.70. The Morgan fingerprint density at radius 2 is 2.43 bits per heavy atom. The van der Waals surface area contributed by atoms with Crippen molar-refractivity contribution in [1.82, 2.24) is 4.90 Å². The fraction of sp³-hybridized carbons (Fsp3) is 0.900. The van der Waals surface area contributed by atoms with Crippen LogP contribution in [0.3, 0.4) is 0 Å². The maximum Gasteiger partial charge on any atom is 0.108 e. The SMILES string of the molecule is CC(C(=N)N)N(C)CC1CCCOC1. The zero-order valence-corrected chi connectivity index (χ0v) is 9.12. The molecule has 0 aromatic heterocycles. The first-order chi connectivity index (χ1) is 6.61. The fourth-order valence-electron chi connectivity index (χ4n) is 1.75. The van der Waals surface area contributed by atoms with Crippen molar-refractivity contribution >= 4 is 5.84 Å². The van der Waals surface area contributed by atoms with Crippen LogP contribution >= 0.6 is 0 Å². The molecule has 0 radical (unpaired) electrons. The molecule has 1 aliphatic heterocycles. The molecule has 1 aliphatic rings. The Morgan fingerprint density at radius 1 is 1.71 bits per heavy atom. The van der Waals surface area contributed by atoms with Crippen LogP contribution in [-0.4, -0.2) is 43.6 Å². The van der Waals surface area contributed by atoms with Gasteiger partial charge in [0.1, 0.15) is 5.84 Å². The highest BCUT2D eigenvalue weighted by atomic mass is 16.5. The molecule has 82 valence electrons. The van der Waals surface area contributed by atoms with Crippen LogP contribution in [0.4, 0.5) is 0 Å². The molecule has 0 saturated carbocycles. The monoisotopic (exact) mass is 199 g/mol. The molecule has 0 bridgehead atoms. The minimum absolute atomic E-state index is 0.0388. The fourth-order valence-corrected chi connectivity index (χ4v) is 1.75. The van der Waals surface area contributed by atoms with Gasteiger partial charge in [-0.15, -0.1) is 0 Å². The van der Waals surface area contributed by atoms with Crippen molar-refractivity contribution in [1.29, 1.82) is 5.41 Å². The lowest BCUT2D eigenvalue weighted by Gasteiger charge is -2.30. The van der Waals surface area contributed by atoms with Gasteiger partial charge in [0.25, 0.3) is 0 Å². The smallest absolute Gasteiger partial charge is 0.108 e. The van der Waals surface area contributed by atoms with Gasteiger partial charge < -0.3 is 10.5 Å². The van der Waals surface area contributed by atoms with Crippen molar-refractivity contribution in [2.75, 3.05) is 26.8 Å². The van der Waals surface area contributed by atoms with Crippen molar-refractivity contribution < 1.29 is 4.74 Å². The van der Waals surface area contributed by atoms with E-state index >= 15 is 0 Å². The highest BCUT2D eigenvalue weighted by Crippen LogP contribution is 2.15. The molecular weight excluding hydrogens is 178 g/mol. The molecule has 0 aromatic carbocycles. The largest absolute Gasteiger partial charge is 0.386 e. The van der Waals surface area contributed by atoms with E-state index in [-0.39, 0.29) is 11.9 Å². The molecule has 14 heavy (non-hydrogen) atoms. The van der Waals surface area contributed by atoms with Crippen molar-refractivity contribution in [3.63, 3.8) is 0 Å². The lowest BCUT2D eigenvalue weighted by molar-refractivity contribution is 0.0404. The van der Waals surface area contributed by atoms with Gasteiger partial charge in [0.05, 0.1) is 12.6 Å². The summed E-state index contributed by atoms with van der Waals surface area (Å²) in [7, 11) is 2.01. The number of hydrogen-bond acceptors (Lipinski definition) is 3. The molecule has 2 unspecified atom stereocenters. The summed E-state index contributed by atoms with van der Waals surface area (Å²) < 4.78 is 5.41. The van der Waals surface area contributed by atoms with E-state index in [1.807, 2.05) is 14.0 Å². The van der Waals surface area contributed by atoms with E-state index in [1.54, 1.807) is 0 Å². The quantitative estimate of drug-likeness (QED) is 0.516. The van der Waals surface area contributed by atoms with E-state index in [0.29, 0.717) is 5.92 Å². The highest BCUT2D eigenvalue weighted by Gasteiger charge is 2.19. The maximum absolute atomic E-state index is 7.35. The number of amidine groups is 1. The molecule has 2 atom stereocenters. The first-order valence-electron chi connectivity index (χ1n) is 5.23. The number of rotatable bonds is 4. The second kappa shape index (κ2) is 5.32. The number of nitrogens with zero attached hydrogens (tertiary/aromatic N) is 1. The van der Waals surface area contributed by atoms with Crippen molar-refractivity contribution in [3.05, 3.63) is 0 Å². The Bertz CT molecular complexity index is 190. The second-order valence-corrected chi connectivity index (χ2v) is 4.15. The van der Waals surface area contributed by atoms with Crippen molar-refractivity contribution in [2.24, 2.45) is 11.7 Å². The number of ether oxygens (including phenoxy) is 1. The van der Waals surface area contributed by atoms with Gasteiger partial charge in [-0.2, -0.15) is 0 Å². The van der Waals surface area contributed by atoms with Crippen LogP contribution in [0.15, 0.2) is 0 Å². The molecule has 1 saturated heterocycles. The molecule has 1 fully saturated rings. The van der Waals surface area contributed by atoms with E-state index in [2.05, 4.69) is 4.90 Å². The summed E-state index contributed by atoms with van der Waals surface area (Å²) in [5.74, 6) is 0.847. The van der Waals surface area contributed by atoms with E-state index in [4.69, 9.17) is 15.9 Å². The third-order valence-corrected chi connectivity index (χ3v) is 2.91. The van der Waals surface area contributed by atoms with E-state index in [1.165, 1.54) is 6.42 Å². The first kappa shape index (κ1) is 11.5. The maximum atomic E-state index is 7.35. The molecule has 4 nitrogen and oxygen atoms in total. The standard InChI is InChI=1S/C10H21N3O/c1-8(10(11)12)13(2)6-9-4-3-5-14-7-9/h8-9H,3-7H2,1-2H3,(H3,11,12). The van der Waals surface area contributed by atoms with Gasteiger partial charge in [-0.3, -0.25) is 10.3 Å². The van der Waals surface area contributed by atoms with Crippen molar-refractivity contribution in [2.45, 2.75) is 25.8 Å². The van der Waals surface area contributed by atoms with E-state index in [9.17, 15) is 0 Å². The molecule has 1 heterocycles. The zero-order valence-electron chi connectivity index (χ0n) is 9.12. The molecule has 0 aromatic rings. The van der Waals surface area contributed by atoms with Gasteiger partial charge in [0.2, 0.25) is 0 Å². The van der Waals surface area contributed by atoms with Gasteiger partial charge in [0.15, 0.2) is 0 Å². The lowest BCUT2D eigenvalue weighted by atomic mass is 10.0. The average molecular weight is 199 g/mol. The van der Waals surface area contributed by atoms with Crippen LogP contribution in [0.1, 0.15) is 19.8 Å². The van der Waals surface area contributed by atoms with E-state index < -0.39 is 0 Å². The summed E-state index contributed by atoms with van der Waals surface area (Å²) in [6.07, 6.45) is 2.39. The third kappa shape index (κ3) is 3.27. The Hall–Kier alpha value is -0.610. The van der Waals surface area contributed by atoms with Crippen molar-refractivity contribution in [3.8, 4) is 0 Å². The van der Waals surface area contributed by atoms with Gasteiger partial charge in [-0.25, -0.2) is 0 Å². The molecule has 3 N–H and O–H groups in total. The zero-order chi connectivity index (χ0) is 10.6. The highest BCUT2D eigenvalue weighted by molar-refractivity contribution is 5.82. The molecule has 1 rings (SSSR count). The topological polar surface area (TPSA) is 62.3 Å². The van der Waals surface area contributed by atoms with Gasteiger partial charge in [-0.1, -0.05) is 0 Å². The summed E-state index contributed by atoms with van der Waals surface area (Å²) in [5, 5.41) is 7.35. The lowest BCUT2D eigenvalue weighted by Crippen LogP contribution is -2.43.